The van der Waals surface area contributed by atoms with Crippen molar-refractivity contribution >= 4 is 16.7 Å². The molecule has 110 valence electrons. The molecule has 2 atom stereocenters. The molecule has 1 amide bonds. The average molecular weight is 287 g/mol. The van der Waals surface area contributed by atoms with Crippen LogP contribution in [-0.4, -0.2) is 25.2 Å². The maximum atomic E-state index is 13.8. The van der Waals surface area contributed by atoms with Gasteiger partial charge in [0.05, 0.1) is 6.10 Å². The first-order valence-corrected chi connectivity index (χ1v) is 7.24. The lowest BCUT2D eigenvalue weighted by Crippen LogP contribution is -2.32. The fourth-order valence-corrected chi connectivity index (χ4v) is 2.82. The lowest BCUT2D eigenvalue weighted by atomic mass is 10.0. The molecule has 3 rings (SSSR count). The van der Waals surface area contributed by atoms with Crippen molar-refractivity contribution in [3.05, 3.63) is 47.8 Å². The van der Waals surface area contributed by atoms with E-state index in [4.69, 9.17) is 4.74 Å². The molecular weight excluding hydrogens is 269 g/mol. The number of halogens is 1. The molecule has 1 saturated heterocycles. The summed E-state index contributed by atoms with van der Waals surface area (Å²) in [5.41, 5.74) is 0.513. The van der Waals surface area contributed by atoms with Gasteiger partial charge in [-0.25, -0.2) is 4.39 Å². The summed E-state index contributed by atoms with van der Waals surface area (Å²) < 4.78 is 19.3. The van der Waals surface area contributed by atoms with E-state index in [2.05, 4.69) is 5.32 Å². The Morgan fingerprint density at radius 3 is 2.76 bits per heavy atom. The second-order valence-corrected chi connectivity index (χ2v) is 5.48. The second-order valence-electron chi connectivity index (χ2n) is 5.48. The number of nitrogens with one attached hydrogen (secondary N) is 1. The molecule has 2 aromatic rings. The standard InChI is InChI=1S/C17H18FNO2/c1-11-12(8-9-21-11)10-19-17(20)15-6-7-16(18)14-5-3-2-4-13(14)15/h2-7,11-12H,8-10H2,1H3,(H,19,20). The quantitative estimate of drug-likeness (QED) is 0.942. The van der Waals surface area contributed by atoms with Crippen LogP contribution >= 0.6 is 0 Å². The molecule has 0 spiro atoms. The summed E-state index contributed by atoms with van der Waals surface area (Å²) >= 11 is 0. The third-order valence-electron chi connectivity index (χ3n) is 4.17. The fraction of sp³-hybridized carbons (Fsp3) is 0.353. The molecule has 3 nitrogen and oxygen atoms in total. The Bertz CT molecular complexity index is 671. The summed E-state index contributed by atoms with van der Waals surface area (Å²) in [7, 11) is 0. The number of amides is 1. The molecule has 21 heavy (non-hydrogen) atoms. The molecule has 1 aliphatic heterocycles. The van der Waals surface area contributed by atoms with Gasteiger partial charge in [-0.3, -0.25) is 4.79 Å². The van der Waals surface area contributed by atoms with Gasteiger partial charge >= 0.3 is 0 Å². The zero-order valence-electron chi connectivity index (χ0n) is 11.9. The van der Waals surface area contributed by atoms with E-state index in [9.17, 15) is 9.18 Å². The van der Waals surface area contributed by atoms with Gasteiger partial charge in [0, 0.05) is 30.0 Å². The van der Waals surface area contributed by atoms with Gasteiger partial charge < -0.3 is 10.1 Å². The van der Waals surface area contributed by atoms with Crippen LogP contribution in [0.4, 0.5) is 4.39 Å². The SMILES string of the molecule is CC1OCCC1CNC(=O)c1ccc(F)c2ccccc12. The van der Waals surface area contributed by atoms with Crippen molar-refractivity contribution in [3.63, 3.8) is 0 Å². The summed E-state index contributed by atoms with van der Waals surface area (Å²) in [6.07, 6.45) is 1.14. The van der Waals surface area contributed by atoms with Crippen LogP contribution in [0, 0.1) is 11.7 Å². The van der Waals surface area contributed by atoms with E-state index in [0.717, 1.165) is 13.0 Å². The summed E-state index contributed by atoms with van der Waals surface area (Å²) in [5.74, 6) is -0.120. The van der Waals surface area contributed by atoms with Gasteiger partial charge in [-0.15, -0.1) is 0 Å². The molecule has 1 aliphatic rings. The van der Waals surface area contributed by atoms with Crippen molar-refractivity contribution in [2.75, 3.05) is 13.2 Å². The smallest absolute Gasteiger partial charge is 0.251 e. The highest BCUT2D eigenvalue weighted by Gasteiger charge is 2.24. The van der Waals surface area contributed by atoms with Crippen molar-refractivity contribution in [3.8, 4) is 0 Å². The molecule has 2 unspecified atom stereocenters. The molecule has 0 radical (unpaired) electrons. The van der Waals surface area contributed by atoms with Gasteiger partial charge in [-0.2, -0.15) is 0 Å². The van der Waals surface area contributed by atoms with Crippen LogP contribution in [0.2, 0.25) is 0 Å². The highest BCUT2D eigenvalue weighted by molar-refractivity contribution is 6.07. The van der Waals surface area contributed by atoms with E-state index >= 15 is 0 Å². The largest absolute Gasteiger partial charge is 0.378 e. The number of benzene rings is 2. The number of hydrogen-bond donors (Lipinski definition) is 1. The molecule has 1 heterocycles. The van der Waals surface area contributed by atoms with Crippen LogP contribution in [0.15, 0.2) is 36.4 Å². The van der Waals surface area contributed by atoms with Gasteiger partial charge in [-0.05, 0) is 30.9 Å². The molecular formula is C17H18FNO2. The summed E-state index contributed by atoms with van der Waals surface area (Å²) in [6, 6.07) is 9.93. The Balaban J connectivity index is 1.80. The minimum atomic E-state index is -0.306. The third-order valence-corrected chi connectivity index (χ3v) is 4.17. The molecule has 4 heteroatoms. The third kappa shape index (κ3) is 2.76. The van der Waals surface area contributed by atoms with E-state index in [1.807, 2.05) is 13.0 Å². The van der Waals surface area contributed by atoms with E-state index in [1.54, 1.807) is 24.3 Å². The number of fused-ring (bicyclic) bond motifs is 1. The summed E-state index contributed by atoms with van der Waals surface area (Å²) in [6.45, 7) is 3.37. The molecule has 0 aromatic heterocycles. The average Bonchev–Trinajstić information content (AvgIpc) is 2.91. The molecule has 1 N–H and O–H groups in total. The number of carbonyl (C=O) groups excluding carboxylic acids is 1. The molecule has 0 saturated carbocycles. The van der Waals surface area contributed by atoms with Crippen molar-refractivity contribution in [2.45, 2.75) is 19.4 Å². The van der Waals surface area contributed by atoms with Gasteiger partial charge in [0.25, 0.3) is 5.91 Å². The molecule has 0 aliphatic carbocycles. The first-order valence-electron chi connectivity index (χ1n) is 7.24. The Morgan fingerprint density at radius 2 is 2.05 bits per heavy atom. The number of ether oxygens (including phenoxy) is 1. The normalized spacial score (nSPS) is 21.6. The Kier molecular flexibility index (Phi) is 3.88. The zero-order chi connectivity index (χ0) is 14.8. The number of carbonyl (C=O) groups is 1. The fourth-order valence-electron chi connectivity index (χ4n) is 2.82. The molecule has 1 fully saturated rings. The molecule has 2 aromatic carbocycles. The zero-order valence-corrected chi connectivity index (χ0v) is 11.9. The summed E-state index contributed by atoms with van der Waals surface area (Å²) in [5, 5.41) is 4.06. The van der Waals surface area contributed by atoms with E-state index < -0.39 is 0 Å². The van der Waals surface area contributed by atoms with Crippen LogP contribution in [0.25, 0.3) is 10.8 Å². The minimum Gasteiger partial charge on any atom is -0.378 e. The van der Waals surface area contributed by atoms with Gasteiger partial charge in [0.1, 0.15) is 5.82 Å². The highest BCUT2D eigenvalue weighted by Crippen LogP contribution is 2.23. The second kappa shape index (κ2) is 5.82. The van der Waals surface area contributed by atoms with Crippen LogP contribution < -0.4 is 5.32 Å². The maximum Gasteiger partial charge on any atom is 0.251 e. The van der Waals surface area contributed by atoms with Gasteiger partial charge in [0.15, 0.2) is 0 Å². The lowest BCUT2D eigenvalue weighted by Gasteiger charge is -2.15. The predicted octanol–water partition coefficient (Wildman–Crippen LogP) is 3.13. The Hall–Kier alpha value is -1.94. The monoisotopic (exact) mass is 287 g/mol. The van der Waals surface area contributed by atoms with Crippen molar-refractivity contribution in [1.29, 1.82) is 0 Å². The summed E-state index contributed by atoms with van der Waals surface area (Å²) in [4.78, 5) is 12.4. The number of hydrogen-bond acceptors (Lipinski definition) is 2. The van der Waals surface area contributed by atoms with Crippen LogP contribution in [-0.2, 0) is 4.74 Å². The van der Waals surface area contributed by atoms with Crippen molar-refractivity contribution < 1.29 is 13.9 Å². The first kappa shape index (κ1) is 14.0. The predicted molar refractivity (Wildman–Crippen MR) is 79.8 cm³/mol. The van der Waals surface area contributed by atoms with E-state index in [1.165, 1.54) is 6.07 Å². The topological polar surface area (TPSA) is 38.3 Å². The Labute approximate surface area is 123 Å². The Morgan fingerprint density at radius 1 is 1.29 bits per heavy atom. The highest BCUT2D eigenvalue weighted by atomic mass is 19.1. The van der Waals surface area contributed by atoms with E-state index in [-0.39, 0.29) is 17.8 Å². The first-order chi connectivity index (χ1) is 10.2. The maximum absolute atomic E-state index is 13.8. The van der Waals surface area contributed by atoms with Gasteiger partial charge in [-0.1, -0.05) is 24.3 Å². The minimum absolute atomic E-state index is 0.162. The number of rotatable bonds is 3. The van der Waals surface area contributed by atoms with Crippen molar-refractivity contribution in [2.24, 2.45) is 5.92 Å². The van der Waals surface area contributed by atoms with Crippen molar-refractivity contribution in [1.82, 2.24) is 5.32 Å². The van der Waals surface area contributed by atoms with Crippen LogP contribution in [0.3, 0.4) is 0 Å². The molecule has 0 bridgehead atoms. The van der Waals surface area contributed by atoms with E-state index in [0.29, 0.717) is 28.8 Å². The lowest BCUT2D eigenvalue weighted by molar-refractivity contribution is 0.0909. The van der Waals surface area contributed by atoms with Crippen LogP contribution in [0.1, 0.15) is 23.7 Å². The van der Waals surface area contributed by atoms with Crippen LogP contribution in [0.5, 0.6) is 0 Å². The van der Waals surface area contributed by atoms with Gasteiger partial charge in [0.2, 0.25) is 0 Å².